The Morgan fingerprint density at radius 1 is 0.895 bits per heavy atom. The van der Waals surface area contributed by atoms with Gasteiger partial charge in [0.05, 0.1) is 18.7 Å². The maximum Gasteiger partial charge on any atom is 0.295 e. The number of hydrogen-bond donors (Lipinski definition) is 2. The maximum absolute atomic E-state index is 13.4. The number of likely N-dealkylation sites (tertiary alicyclic amines) is 1. The highest BCUT2D eigenvalue weighted by molar-refractivity contribution is 6.46. The molecule has 0 bridgehead atoms. The molecule has 1 amide bonds. The van der Waals surface area contributed by atoms with Gasteiger partial charge in [0, 0.05) is 44.8 Å². The molecule has 0 saturated carbocycles. The van der Waals surface area contributed by atoms with Crippen molar-refractivity contribution in [3.63, 3.8) is 0 Å². The van der Waals surface area contributed by atoms with E-state index in [0.717, 1.165) is 26.2 Å². The number of carbonyl (C=O) groups excluding carboxylic acids is 2. The second-order valence-corrected chi connectivity index (χ2v) is 9.30. The number of rotatable bonds is 8. The smallest absolute Gasteiger partial charge is 0.295 e. The summed E-state index contributed by atoms with van der Waals surface area (Å²) < 4.78 is 11.3. The van der Waals surface area contributed by atoms with Gasteiger partial charge in [0.1, 0.15) is 23.0 Å². The number of carbonyl (C=O) groups is 2. The first kappa shape index (κ1) is 25.5. The molecule has 1 unspecified atom stereocenters. The lowest BCUT2D eigenvalue weighted by molar-refractivity contribution is -0.140. The van der Waals surface area contributed by atoms with Gasteiger partial charge in [-0.3, -0.25) is 14.5 Å². The molecule has 0 spiro atoms. The van der Waals surface area contributed by atoms with Gasteiger partial charge >= 0.3 is 0 Å². The fourth-order valence-corrected chi connectivity index (χ4v) is 4.92. The van der Waals surface area contributed by atoms with Gasteiger partial charge in [-0.15, -0.1) is 0 Å². The van der Waals surface area contributed by atoms with E-state index < -0.39 is 17.7 Å². The fraction of sp³-hybridized carbons (Fsp3) is 0.267. The SMILES string of the molecule is COc1ccc(/C(O)=C2/C(=O)C(=O)N(CCN3CCNCC3)C2c2cccc(Oc3ccccc3)c2)cc1. The van der Waals surface area contributed by atoms with Crippen LogP contribution in [0.4, 0.5) is 0 Å². The first-order chi connectivity index (χ1) is 18.5. The predicted octanol–water partition coefficient (Wildman–Crippen LogP) is 3.81. The number of para-hydroxylation sites is 1. The van der Waals surface area contributed by atoms with Crippen molar-refractivity contribution >= 4 is 17.4 Å². The van der Waals surface area contributed by atoms with Gasteiger partial charge in [0.2, 0.25) is 0 Å². The Kier molecular flexibility index (Phi) is 7.72. The zero-order chi connectivity index (χ0) is 26.5. The highest BCUT2D eigenvalue weighted by Crippen LogP contribution is 2.40. The first-order valence-electron chi connectivity index (χ1n) is 12.7. The van der Waals surface area contributed by atoms with Gasteiger partial charge in [-0.05, 0) is 54.1 Å². The summed E-state index contributed by atoms with van der Waals surface area (Å²) in [6.07, 6.45) is 0. The third kappa shape index (κ3) is 5.41. The highest BCUT2D eigenvalue weighted by atomic mass is 16.5. The van der Waals surface area contributed by atoms with E-state index in [1.54, 1.807) is 36.3 Å². The molecule has 3 aromatic carbocycles. The molecule has 38 heavy (non-hydrogen) atoms. The van der Waals surface area contributed by atoms with Gasteiger partial charge < -0.3 is 24.8 Å². The molecule has 0 aromatic heterocycles. The number of methoxy groups -OCH3 is 1. The van der Waals surface area contributed by atoms with Crippen LogP contribution in [-0.4, -0.2) is 73.0 Å². The molecule has 2 saturated heterocycles. The van der Waals surface area contributed by atoms with Crippen molar-refractivity contribution in [3.05, 3.63) is 95.6 Å². The van der Waals surface area contributed by atoms with E-state index in [1.807, 2.05) is 54.6 Å². The minimum absolute atomic E-state index is 0.0670. The van der Waals surface area contributed by atoms with Crippen LogP contribution in [0.3, 0.4) is 0 Å². The Morgan fingerprint density at radius 2 is 1.61 bits per heavy atom. The number of aliphatic hydroxyl groups excluding tert-OH is 1. The number of amides is 1. The number of benzene rings is 3. The van der Waals surface area contributed by atoms with Crippen molar-refractivity contribution in [1.82, 2.24) is 15.1 Å². The van der Waals surface area contributed by atoms with Crippen LogP contribution >= 0.6 is 0 Å². The van der Waals surface area contributed by atoms with Crippen molar-refractivity contribution in [1.29, 1.82) is 0 Å². The van der Waals surface area contributed by atoms with Crippen molar-refractivity contribution in [2.45, 2.75) is 6.04 Å². The maximum atomic E-state index is 13.4. The van der Waals surface area contributed by atoms with Gasteiger partial charge in [0.25, 0.3) is 11.7 Å². The monoisotopic (exact) mass is 513 g/mol. The molecule has 0 radical (unpaired) electrons. The highest BCUT2D eigenvalue weighted by Gasteiger charge is 2.46. The predicted molar refractivity (Wildman–Crippen MR) is 144 cm³/mol. The van der Waals surface area contributed by atoms with Crippen molar-refractivity contribution in [2.75, 3.05) is 46.4 Å². The second-order valence-electron chi connectivity index (χ2n) is 9.30. The zero-order valence-electron chi connectivity index (χ0n) is 21.3. The van der Waals surface area contributed by atoms with E-state index in [0.29, 0.717) is 41.5 Å². The normalized spacial score (nSPS) is 19.5. The molecule has 2 N–H and O–H groups in total. The van der Waals surface area contributed by atoms with E-state index in [-0.39, 0.29) is 11.3 Å². The minimum atomic E-state index is -0.751. The summed E-state index contributed by atoms with van der Waals surface area (Å²) in [7, 11) is 1.56. The Hall–Kier alpha value is -4.14. The molecule has 2 aliphatic heterocycles. The number of ether oxygens (including phenoxy) is 2. The summed E-state index contributed by atoms with van der Waals surface area (Å²) in [5, 5.41) is 14.7. The third-order valence-corrected chi connectivity index (χ3v) is 6.92. The fourth-order valence-electron chi connectivity index (χ4n) is 4.92. The van der Waals surface area contributed by atoms with E-state index in [2.05, 4.69) is 10.2 Å². The molecule has 1 atom stereocenters. The van der Waals surface area contributed by atoms with E-state index >= 15 is 0 Å². The molecular formula is C30H31N3O5. The lowest BCUT2D eigenvalue weighted by Gasteiger charge is -2.31. The summed E-state index contributed by atoms with van der Waals surface area (Å²) >= 11 is 0. The van der Waals surface area contributed by atoms with Crippen molar-refractivity contribution in [2.24, 2.45) is 0 Å². The molecule has 5 rings (SSSR count). The summed E-state index contributed by atoms with van der Waals surface area (Å²) in [4.78, 5) is 30.5. The Bertz CT molecular complexity index is 1320. The van der Waals surface area contributed by atoms with Gasteiger partial charge in [-0.1, -0.05) is 30.3 Å². The number of hydrogen-bond acceptors (Lipinski definition) is 7. The Morgan fingerprint density at radius 3 is 2.32 bits per heavy atom. The molecule has 196 valence electrons. The number of Topliss-reactive ketones (excluding diaryl/α,β-unsaturated/α-hetero) is 1. The first-order valence-corrected chi connectivity index (χ1v) is 12.7. The van der Waals surface area contributed by atoms with Crippen LogP contribution in [-0.2, 0) is 9.59 Å². The van der Waals surface area contributed by atoms with E-state index in [4.69, 9.17) is 9.47 Å². The standard InChI is InChI=1S/C30H31N3O5/c1-37-23-12-10-21(11-13-23)28(34)26-27(22-6-5-9-25(20-22)38-24-7-3-2-4-8-24)33(30(36)29(26)35)19-18-32-16-14-31-15-17-32/h2-13,20,27,31,34H,14-19H2,1H3/b28-26-. The summed E-state index contributed by atoms with van der Waals surface area (Å²) in [5.41, 5.74) is 1.19. The number of piperazine rings is 1. The summed E-state index contributed by atoms with van der Waals surface area (Å²) in [6.45, 7) is 4.52. The lowest BCUT2D eigenvalue weighted by atomic mass is 9.95. The van der Waals surface area contributed by atoms with Crippen LogP contribution in [0.2, 0.25) is 0 Å². The minimum Gasteiger partial charge on any atom is -0.507 e. The topological polar surface area (TPSA) is 91.3 Å². The number of nitrogens with one attached hydrogen (secondary N) is 1. The quantitative estimate of drug-likeness (QED) is 0.269. The van der Waals surface area contributed by atoms with Gasteiger partial charge in [-0.2, -0.15) is 0 Å². The molecule has 2 aliphatic rings. The van der Waals surface area contributed by atoms with Crippen LogP contribution in [0, 0.1) is 0 Å². The van der Waals surface area contributed by atoms with Gasteiger partial charge in [-0.25, -0.2) is 0 Å². The molecule has 3 aromatic rings. The van der Waals surface area contributed by atoms with Gasteiger partial charge in [0.15, 0.2) is 0 Å². The van der Waals surface area contributed by atoms with Crippen LogP contribution < -0.4 is 14.8 Å². The summed E-state index contributed by atoms with van der Waals surface area (Å²) in [5.74, 6) is 0.351. The molecule has 8 heteroatoms. The van der Waals surface area contributed by atoms with E-state index in [9.17, 15) is 14.7 Å². The molecular weight excluding hydrogens is 482 g/mol. The van der Waals surface area contributed by atoms with Crippen LogP contribution in [0.15, 0.2) is 84.4 Å². The number of ketones is 1. The lowest BCUT2D eigenvalue weighted by Crippen LogP contribution is -2.46. The van der Waals surface area contributed by atoms with Crippen molar-refractivity contribution < 1.29 is 24.2 Å². The number of nitrogens with zero attached hydrogens (tertiary/aromatic N) is 2. The average Bonchev–Trinajstić information content (AvgIpc) is 3.22. The Labute approximate surface area is 222 Å². The van der Waals surface area contributed by atoms with Crippen LogP contribution in [0.25, 0.3) is 5.76 Å². The van der Waals surface area contributed by atoms with Crippen LogP contribution in [0.1, 0.15) is 17.2 Å². The Balaban J connectivity index is 1.53. The van der Waals surface area contributed by atoms with Crippen LogP contribution in [0.5, 0.6) is 17.2 Å². The largest absolute Gasteiger partial charge is 0.507 e. The summed E-state index contributed by atoms with van der Waals surface area (Å²) in [6, 6.07) is 22.7. The molecule has 0 aliphatic carbocycles. The molecule has 2 heterocycles. The van der Waals surface area contributed by atoms with Crippen molar-refractivity contribution in [3.8, 4) is 17.2 Å². The average molecular weight is 514 g/mol. The second kappa shape index (κ2) is 11.5. The zero-order valence-corrected chi connectivity index (χ0v) is 21.3. The third-order valence-electron chi connectivity index (χ3n) is 6.92. The molecule has 2 fully saturated rings. The molecule has 8 nitrogen and oxygen atoms in total. The van der Waals surface area contributed by atoms with E-state index in [1.165, 1.54) is 0 Å². The number of aliphatic hydroxyl groups is 1.